The number of amides is 2. The van der Waals surface area contributed by atoms with E-state index in [4.69, 9.17) is 10.6 Å². The number of thiazole rings is 1. The first-order valence-corrected chi connectivity index (χ1v) is 15.0. The molecule has 2 fully saturated rings. The largest absolute Gasteiger partial charge is 0.477 e. The molecule has 36 heavy (non-hydrogen) atoms. The summed E-state index contributed by atoms with van der Waals surface area (Å²) in [7, 11) is 0. The third-order valence-corrected chi connectivity index (χ3v) is 10.3. The fourth-order valence-electron chi connectivity index (χ4n) is 3.38. The number of hydrogen-bond donors (Lipinski definition) is 3. The minimum atomic E-state index is -1.19. The summed E-state index contributed by atoms with van der Waals surface area (Å²) >= 11 is 6.98. The average Bonchev–Trinajstić information content (AvgIpc) is 3.48. The first kappa shape index (κ1) is 27.0. The highest BCUT2D eigenvalue weighted by Gasteiger charge is 2.54. The molecule has 0 aromatic carbocycles. The van der Waals surface area contributed by atoms with Crippen molar-refractivity contribution in [3.63, 3.8) is 0 Å². The van der Waals surface area contributed by atoms with Crippen LogP contribution in [0.2, 0.25) is 0 Å². The van der Waals surface area contributed by atoms with E-state index >= 15 is 0 Å². The van der Waals surface area contributed by atoms with Crippen molar-refractivity contribution in [3.05, 3.63) is 27.9 Å². The number of carboxylic acids is 1. The second kappa shape index (κ2) is 11.6. The number of carbonyl (C=O) groups excluding carboxylic acids is 2. The van der Waals surface area contributed by atoms with Gasteiger partial charge in [-0.05, 0) is 5.57 Å². The number of β-lactam (4-membered cyclic amide) rings is 1. The van der Waals surface area contributed by atoms with Crippen molar-refractivity contribution in [1.82, 2.24) is 25.4 Å². The number of oxime groups is 1. The second-order valence-electron chi connectivity index (χ2n) is 7.39. The first-order valence-electron chi connectivity index (χ1n) is 10.0. The van der Waals surface area contributed by atoms with Crippen molar-refractivity contribution < 1.29 is 24.3 Å². The van der Waals surface area contributed by atoms with Crippen LogP contribution in [0.1, 0.15) is 5.69 Å². The van der Waals surface area contributed by atoms with Gasteiger partial charge in [-0.3, -0.25) is 14.5 Å². The lowest BCUT2D eigenvalue weighted by atomic mass is 10.0. The van der Waals surface area contributed by atoms with E-state index in [1.807, 2.05) is 0 Å². The van der Waals surface area contributed by atoms with Crippen LogP contribution in [0.4, 0.5) is 5.13 Å². The van der Waals surface area contributed by atoms with E-state index in [0.717, 1.165) is 22.8 Å². The maximum absolute atomic E-state index is 13.1. The highest BCUT2D eigenvalue weighted by Crippen LogP contribution is 2.41. The fraction of sp³-hybridized carbons (Fsp3) is 0.389. The lowest BCUT2D eigenvalue weighted by Gasteiger charge is -2.49. The van der Waals surface area contributed by atoms with Crippen molar-refractivity contribution in [1.29, 1.82) is 0 Å². The monoisotopic (exact) mass is 607 g/mol. The van der Waals surface area contributed by atoms with Gasteiger partial charge >= 0.3 is 5.97 Å². The Balaban J connectivity index is 0.00000304. The highest BCUT2D eigenvalue weighted by molar-refractivity contribution is 8.02. The number of carbonyl (C=O) groups is 3. The highest BCUT2D eigenvalue weighted by atomic mass is 35.5. The standard InChI is InChI=1S/C18H17N7O5S5.ClH/c19-17-21-9(5-33-17)10(24-30-8-3-31-4-8)13(26)22-11-14(27)25-12(16(28)29)7(1-32-15(11)25)2-34-18-23-20-6-35-18;/h5-6,8,11,15H,1-4H2,(H2,19,21)(H,22,26)(H,28,29);1H/b24-10-;/t11?,15-;/m1./s1. The molecule has 3 aliphatic heterocycles. The van der Waals surface area contributed by atoms with Gasteiger partial charge < -0.3 is 21.0 Å². The number of aromatic nitrogens is 3. The Hall–Kier alpha value is -2.05. The van der Waals surface area contributed by atoms with Crippen LogP contribution in [0.15, 0.2) is 31.7 Å². The van der Waals surface area contributed by atoms with Gasteiger partial charge in [0, 0.05) is 28.4 Å². The number of rotatable bonds is 9. The Bertz CT molecular complexity index is 1220. The number of halogens is 1. The predicted molar refractivity (Wildman–Crippen MR) is 143 cm³/mol. The van der Waals surface area contributed by atoms with Crippen molar-refractivity contribution in [2.45, 2.75) is 21.9 Å². The number of thioether (sulfide) groups is 3. The Morgan fingerprint density at radius 2 is 2.17 bits per heavy atom. The summed E-state index contributed by atoms with van der Waals surface area (Å²) < 4.78 is 0.714. The number of nitrogens with one attached hydrogen (secondary N) is 1. The molecule has 4 N–H and O–H groups in total. The molecule has 1 unspecified atom stereocenters. The van der Waals surface area contributed by atoms with Crippen LogP contribution in [0, 0.1) is 0 Å². The minimum Gasteiger partial charge on any atom is -0.477 e. The minimum absolute atomic E-state index is 0. The quantitative estimate of drug-likeness (QED) is 0.162. The molecule has 2 amide bonds. The van der Waals surface area contributed by atoms with E-state index in [-0.39, 0.29) is 40.7 Å². The summed E-state index contributed by atoms with van der Waals surface area (Å²) in [6, 6.07) is -0.903. The number of nitrogens with zero attached hydrogens (tertiary/aromatic N) is 5. The molecule has 3 aliphatic rings. The van der Waals surface area contributed by atoms with Gasteiger partial charge in [-0.25, -0.2) is 9.78 Å². The van der Waals surface area contributed by atoms with Crippen LogP contribution in [0.5, 0.6) is 0 Å². The van der Waals surface area contributed by atoms with Crippen LogP contribution in [-0.2, 0) is 19.2 Å². The van der Waals surface area contributed by atoms with E-state index < -0.39 is 29.2 Å². The summed E-state index contributed by atoms with van der Waals surface area (Å²) in [6.45, 7) is 0. The first-order chi connectivity index (χ1) is 16.9. The lowest BCUT2D eigenvalue weighted by molar-refractivity contribution is -0.150. The molecule has 192 valence electrons. The smallest absolute Gasteiger partial charge is 0.352 e. The van der Waals surface area contributed by atoms with E-state index in [9.17, 15) is 19.5 Å². The van der Waals surface area contributed by atoms with E-state index in [1.165, 1.54) is 39.8 Å². The summed E-state index contributed by atoms with van der Waals surface area (Å²) in [5, 5.41) is 25.5. The van der Waals surface area contributed by atoms with Gasteiger partial charge in [0.15, 0.2) is 15.2 Å². The molecule has 5 rings (SSSR count). The third kappa shape index (κ3) is 5.45. The number of carboxylic acid groups (broad SMARTS) is 1. The molecule has 18 heteroatoms. The molecule has 0 radical (unpaired) electrons. The molecule has 5 heterocycles. The van der Waals surface area contributed by atoms with Gasteiger partial charge in [-0.1, -0.05) is 28.3 Å². The number of fused-ring (bicyclic) bond motifs is 1. The van der Waals surface area contributed by atoms with E-state index in [1.54, 1.807) is 22.7 Å². The molecule has 0 aliphatic carbocycles. The summed E-state index contributed by atoms with van der Waals surface area (Å²) in [6.07, 6.45) is -0.0896. The average molecular weight is 608 g/mol. The number of anilines is 1. The topological polar surface area (TPSA) is 173 Å². The molecule has 0 spiro atoms. The number of nitrogen functional groups attached to an aromatic ring is 1. The molecule has 0 bridgehead atoms. The Labute approximate surface area is 231 Å². The second-order valence-corrected chi connectivity index (χ2v) is 12.5. The van der Waals surface area contributed by atoms with E-state index in [0.29, 0.717) is 21.4 Å². The van der Waals surface area contributed by atoms with Crippen molar-refractivity contribution in [2.24, 2.45) is 5.16 Å². The van der Waals surface area contributed by atoms with Crippen LogP contribution < -0.4 is 11.1 Å². The SMILES string of the molecule is Cl.Nc1nc(/C(=N/OC2CSC2)C(=O)NC2C(=O)N3C(C(=O)O)=C(CSc4nncs4)CS[C@H]23)cs1. The van der Waals surface area contributed by atoms with Gasteiger partial charge in [-0.15, -0.1) is 45.7 Å². The maximum Gasteiger partial charge on any atom is 0.352 e. The van der Waals surface area contributed by atoms with Crippen molar-refractivity contribution in [3.8, 4) is 0 Å². The molecule has 2 atom stereocenters. The van der Waals surface area contributed by atoms with Crippen LogP contribution in [-0.4, -0.2) is 89.2 Å². The molecular weight excluding hydrogens is 590 g/mol. The molecule has 2 aromatic heterocycles. The van der Waals surface area contributed by atoms with Crippen LogP contribution >= 0.6 is 70.4 Å². The van der Waals surface area contributed by atoms with Gasteiger partial charge in [-0.2, -0.15) is 11.8 Å². The molecule has 2 aromatic rings. The Morgan fingerprint density at radius 1 is 1.36 bits per heavy atom. The zero-order chi connectivity index (χ0) is 24.5. The number of aliphatic carboxylic acids is 1. The van der Waals surface area contributed by atoms with Gasteiger partial charge in [0.05, 0.1) is 0 Å². The third-order valence-electron chi connectivity index (χ3n) is 5.13. The summed E-state index contributed by atoms with van der Waals surface area (Å²) in [5.41, 5.74) is 8.05. The number of hydrogen-bond acceptors (Lipinski definition) is 14. The fourth-order valence-corrected chi connectivity index (χ4v) is 7.45. The van der Waals surface area contributed by atoms with Crippen molar-refractivity contribution >= 4 is 99.0 Å². The van der Waals surface area contributed by atoms with Crippen LogP contribution in [0.3, 0.4) is 0 Å². The molecule has 2 saturated heterocycles. The van der Waals surface area contributed by atoms with Gasteiger partial charge in [0.2, 0.25) is 0 Å². The normalized spacial score (nSPS) is 21.7. The number of nitrogens with two attached hydrogens (primary N) is 1. The Morgan fingerprint density at radius 3 is 2.78 bits per heavy atom. The van der Waals surface area contributed by atoms with Gasteiger partial charge in [0.1, 0.15) is 34.4 Å². The molecule has 12 nitrogen and oxygen atoms in total. The van der Waals surface area contributed by atoms with Crippen molar-refractivity contribution in [2.75, 3.05) is 28.7 Å². The lowest BCUT2D eigenvalue weighted by Crippen LogP contribution is -2.71. The van der Waals surface area contributed by atoms with Gasteiger partial charge in [0.25, 0.3) is 11.8 Å². The predicted octanol–water partition coefficient (Wildman–Crippen LogP) is 1.37. The molecular formula is C18H18ClN7O5S5. The summed E-state index contributed by atoms with van der Waals surface area (Å²) in [4.78, 5) is 48.9. The zero-order valence-electron chi connectivity index (χ0n) is 18.1. The maximum atomic E-state index is 13.1. The Kier molecular flexibility index (Phi) is 8.67. The molecule has 0 saturated carbocycles. The van der Waals surface area contributed by atoms with Crippen LogP contribution in [0.25, 0.3) is 0 Å². The van der Waals surface area contributed by atoms with E-state index in [2.05, 4.69) is 25.7 Å². The summed E-state index contributed by atoms with van der Waals surface area (Å²) in [5.74, 6) is -0.00383. The zero-order valence-corrected chi connectivity index (χ0v) is 23.0.